The van der Waals surface area contributed by atoms with Gasteiger partial charge in [-0.25, -0.2) is 4.79 Å². The number of esters is 1. The van der Waals surface area contributed by atoms with Gasteiger partial charge < -0.3 is 10.1 Å². The largest absolute Gasteiger partial charge is 0.467 e. The zero-order valence-corrected chi connectivity index (χ0v) is 15.1. The van der Waals surface area contributed by atoms with E-state index in [0.29, 0.717) is 12.8 Å². The van der Waals surface area contributed by atoms with E-state index in [1.807, 2.05) is 60.7 Å². The van der Waals surface area contributed by atoms with E-state index < -0.39 is 11.5 Å². The van der Waals surface area contributed by atoms with Crippen LogP contribution in [0.1, 0.15) is 49.1 Å². The van der Waals surface area contributed by atoms with E-state index in [0.717, 1.165) is 30.4 Å². The number of hydrogen-bond donors (Lipinski definition) is 1. The Kier molecular flexibility index (Phi) is 5.71. The van der Waals surface area contributed by atoms with Crippen molar-refractivity contribution in [3.63, 3.8) is 0 Å². The van der Waals surface area contributed by atoms with Gasteiger partial charge in [0.15, 0.2) is 0 Å². The summed E-state index contributed by atoms with van der Waals surface area (Å²) in [6.07, 6.45) is 4.16. The molecule has 2 aromatic rings. The van der Waals surface area contributed by atoms with Gasteiger partial charge in [0.25, 0.3) is 0 Å². The Morgan fingerprint density at radius 1 is 0.885 bits per heavy atom. The van der Waals surface area contributed by atoms with Crippen molar-refractivity contribution in [3.05, 3.63) is 71.8 Å². The summed E-state index contributed by atoms with van der Waals surface area (Å²) in [5, 5.41) is 3.07. The lowest BCUT2D eigenvalue weighted by atomic mass is 9.80. The Balaban J connectivity index is 1.93. The van der Waals surface area contributed by atoms with Crippen LogP contribution in [-0.4, -0.2) is 24.5 Å². The fourth-order valence-corrected chi connectivity index (χ4v) is 3.83. The van der Waals surface area contributed by atoms with Crippen LogP contribution in [0.5, 0.6) is 0 Å². The Bertz CT molecular complexity index is 697. The first-order valence-electron chi connectivity index (χ1n) is 9.17. The molecular weight excluding hydrogens is 326 g/mol. The lowest BCUT2D eigenvalue weighted by molar-refractivity contribution is -0.152. The van der Waals surface area contributed by atoms with Crippen molar-refractivity contribution in [2.45, 2.75) is 43.6 Å². The summed E-state index contributed by atoms with van der Waals surface area (Å²) in [7, 11) is 1.39. The maximum atomic E-state index is 13.3. The minimum atomic E-state index is -0.911. The second-order valence-corrected chi connectivity index (χ2v) is 6.88. The number of amides is 1. The van der Waals surface area contributed by atoms with E-state index in [4.69, 9.17) is 4.74 Å². The van der Waals surface area contributed by atoms with Gasteiger partial charge in [0, 0.05) is 0 Å². The van der Waals surface area contributed by atoms with Crippen LogP contribution >= 0.6 is 0 Å². The highest BCUT2D eigenvalue weighted by molar-refractivity contribution is 5.93. The third-order valence-corrected chi connectivity index (χ3v) is 5.17. The molecule has 1 aliphatic rings. The predicted octanol–water partition coefficient (Wildman–Crippen LogP) is 3.81. The van der Waals surface area contributed by atoms with Crippen molar-refractivity contribution in [1.82, 2.24) is 5.32 Å². The Morgan fingerprint density at radius 3 is 1.85 bits per heavy atom. The summed E-state index contributed by atoms with van der Waals surface area (Å²) in [5.74, 6) is -0.957. The molecule has 1 saturated carbocycles. The monoisotopic (exact) mass is 351 g/mol. The van der Waals surface area contributed by atoms with Crippen LogP contribution in [0, 0.1) is 0 Å². The molecule has 2 aromatic carbocycles. The smallest absolute Gasteiger partial charge is 0.331 e. The van der Waals surface area contributed by atoms with Gasteiger partial charge in [-0.05, 0) is 24.0 Å². The Morgan fingerprint density at radius 2 is 1.38 bits per heavy atom. The standard InChI is InChI=1S/C22H25NO3/c1-26-21(25)22(15-9-4-10-16-22)23-20(24)19(17-11-5-2-6-12-17)18-13-7-3-8-14-18/h2-3,5-8,11-14,19H,4,9-10,15-16H2,1H3,(H,23,24). The molecule has 0 atom stereocenters. The van der Waals surface area contributed by atoms with Crippen LogP contribution < -0.4 is 5.32 Å². The van der Waals surface area contributed by atoms with E-state index in [9.17, 15) is 9.59 Å². The first-order valence-corrected chi connectivity index (χ1v) is 9.17. The molecule has 1 N–H and O–H groups in total. The predicted molar refractivity (Wildman–Crippen MR) is 101 cm³/mol. The van der Waals surface area contributed by atoms with Crippen molar-refractivity contribution in [3.8, 4) is 0 Å². The topological polar surface area (TPSA) is 55.4 Å². The lowest BCUT2D eigenvalue weighted by Gasteiger charge is -2.36. The van der Waals surface area contributed by atoms with E-state index >= 15 is 0 Å². The van der Waals surface area contributed by atoms with Gasteiger partial charge in [0.05, 0.1) is 13.0 Å². The maximum Gasteiger partial charge on any atom is 0.331 e. The van der Waals surface area contributed by atoms with Crippen LogP contribution in [0.3, 0.4) is 0 Å². The quantitative estimate of drug-likeness (QED) is 0.834. The molecule has 4 heteroatoms. The zero-order valence-electron chi connectivity index (χ0n) is 15.1. The van der Waals surface area contributed by atoms with Crippen molar-refractivity contribution in [2.75, 3.05) is 7.11 Å². The van der Waals surface area contributed by atoms with Gasteiger partial charge in [-0.2, -0.15) is 0 Å². The maximum absolute atomic E-state index is 13.3. The highest BCUT2D eigenvalue weighted by Crippen LogP contribution is 2.32. The molecule has 1 fully saturated rings. The van der Waals surface area contributed by atoms with Crippen molar-refractivity contribution >= 4 is 11.9 Å². The van der Waals surface area contributed by atoms with Gasteiger partial charge in [-0.1, -0.05) is 79.9 Å². The number of benzene rings is 2. The van der Waals surface area contributed by atoms with Crippen LogP contribution in [0.2, 0.25) is 0 Å². The van der Waals surface area contributed by atoms with Gasteiger partial charge in [-0.15, -0.1) is 0 Å². The van der Waals surface area contributed by atoms with E-state index in [-0.39, 0.29) is 11.9 Å². The van der Waals surface area contributed by atoms with Gasteiger partial charge in [0.2, 0.25) is 5.91 Å². The van der Waals surface area contributed by atoms with Gasteiger partial charge >= 0.3 is 5.97 Å². The second-order valence-electron chi connectivity index (χ2n) is 6.88. The molecule has 0 heterocycles. The molecule has 0 bridgehead atoms. The summed E-state index contributed by atoms with van der Waals surface area (Å²) in [4.78, 5) is 25.8. The minimum Gasteiger partial charge on any atom is -0.467 e. The van der Waals surface area contributed by atoms with Crippen molar-refractivity contribution < 1.29 is 14.3 Å². The molecule has 0 radical (unpaired) electrons. The number of rotatable bonds is 5. The molecule has 0 aromatic heterocycles. The molecule has 4 nitrogen and oxygen atoms in total. The molecule has 0 aliphatic heterocycles. The number of carbonyl (C=O) groups excluding carboxylic acids is 2. The molecule has 0 unspecified atom stereocenters. The third-order valence-electron chi connectivity index (χ3n) is 5.17. The fraction of sp³-hybridized carbons (Fsp3) is 0.364. The summed E-state index contributed by atoms with van der Waals surface area (Å²) < 4.78 is 5.03. The van der Waals surface area contributed by atoms with Crippen molar-refractivity contribution in [1.29, 1.82) is 0 Å². The minimum absolute atomic E-state index is 0.158. The number of ether oxygens (including phenoxy) is 1. The highest BCUT2D eigenvalue weighted by atomic mass is 16.5. The highest BCUT2D eigenvalue weighted by Gasteiger charge is 2.43. The molecular formula is C22H25NO3. The third kappa shape index (κ3) is 3.79. The summed E-state index contributed by atoms with van der Waals surface area (Å²) in [6, 6.07) is 19.4. The van der Waals surface area contributed by atoms with Crippen LogP contribution in [-0.2, 0) is 14.3 Å². The molecule has 26 heavy (non-hydrogen) atoms. The Hall–Kier alpha value is -2.62. The SMILES string of the molecule is COC(=O)C1(NC(=O)C(c2ccccc2)c2ccccc2)CCCCC1. The van der Waals surface area contributed by atoms with Crippen LogP contribution in [0.4, 0.5) is 0 Å². The number of nitrogens with one attached hydrogen (secondary N) is 1. The molecule has 3 rings (SSSR count). The first-order chi connectivity index (χ1) is 12.7. The van der Waals surface area contributed by atoms with Gasteiger partial charge in [-0.3, -0.25) is 4.79 Å². The first kappa shape index (κ1) is 18.2. The van der Waals surface area contributed by atoms with Crippen molar-refractivity contribution in [2.24, 2.45) is 0 Å². The Labute approximate surface area is 154 Å². The van der Waals surface area contributed by atoms with Crippen LogP contribution in [0.25, 0.3) is 0 Å². The summed E-state index contributed by atoms with van der Waals surface area (Å²) >= 11 is 0. The molecule has 0 saturated heterocycles. The van der Waals surface area contributed by atoms with E-state index in [1.54, 1.807) is 0 Å². The van der Waals surface area contributed by atoms with Crippen LogP contribution in [0.15, 0.2) is 60.7 Å². The normalized spacial score (nSPS) is 16.1. The fourth-order valence-electron chi connectivity index (χ4n) is 3.83. The number of carbonyl (C=O) groups is 2. The average Bonchev–Trinajstić information content (AvgIpc) is 2.70. The number of hydrogen-bond acceptors (Lipinski definition) is 3. The molecule has 1 aliphatic carbocycles. The van der Waals surface area contributed by atoms with Gasteiger partial charge in [0.1, 0.15) is 5.54 Å². The molecule has 0 spiro atoms. The van der Waals surface area contributed by atoms with E-state index in [1.165, 1.54) is 7.11 Å². The average molecular weight is 351 g/mol. The van der Waals surface area contributed by atoms with E-state index in [2.05, 4.69) is 5.32 Å². The number of methoxy groups -OCH3 is 1. The zero-order chi connectivity index (χ0) is 18.4. The molecule has 136 valence electrons. The summed E-state index contributed by atoms with van der Waals surface area (Å²) in [5.41, 5.74) is 0.908. The second kappa shape index (κ2) is 8.17. The summed E-state index contributed by atoms with van der Waals surface area (Å²) in [6.45, 7) is 0. The lowest BCUT2D eigenvalue weighted by Crippen LogP contribution is -2.57. The molecule has 1 amide bonds.